The van der Waals surface area contributed by atoms with E-state index in [4.69, 9.17) is 13.7 Å². The van der Waals surface area contributed by atoms with Gasteiger partial charge in [-0.05, 0) is 31.9 Å². The van der Waals surface area contributed by atoms with E-state index in [0.717, 1.165) is 5.39 Å². The molecule has 8 heteroatoms. The molecule has 1 saturated heterocycles. The number of likely N-dealkylation sites (tertiary alicyclic amines) is 1. The summed E-state index contributed by atoms with van der Waals surface area (Å²) >= 11 is 0. The number of aromatic nitrogens is 1. The second-order valence-electron chi connectivity index (χ2n) is 6.87. The van der Waals surface area contributed by atoms with E-state index in [0.29, 0.717) is 48.8 Å². The number of amides is 2. The van der Waals surface area contributed by atoms with Crippen LogP contribution in [-0.2, 0) is 4.79 Å². The lowest BCUT2D eigenvalue weighted by Crippen LogP contribution is -2.41. The number of rotatable bonds is 4. The quantitative estimate of drug-likeness (QED) is 0.743. The van der Waals surface area contributed by atoms with Gasteiger partial charge in [0, 0.05) is 30.5 Å². The van der Waals surface area contributed by atoms with E-state index in [1.54, 1.807) is 37.1 Å². The van der Waals surface area contributed by atoms with Gasteiger partial charge in [0.15, 0.2) is 22.9 Å². The molecule has 0 bridgehead atoms. The van der Waals surface area contributed by atoms with Crippen LogP contribution in [0.2, 0.25) is 0 Å². The van der Waals surface area contributed by atoms with Gasteiger partial charge in [-0.3, -0.25) is 9.59 Å². The highest BCUT2D eigenvalue weighted by Gasteiger charge is 2.29. The number of piperidine rings is 1. The first kappa shape index (κ1) is 18.1. The van der Waals surface area contributed by atoms with Crippen LogP contribution in [0.15, 0.2) is 39.3 Å². The lowest BCUT2D eigenvalue weighted by molar-refractivity contribution is -0.121. The lowest BCUT2D eigenvalue weighted by atomic mass is 9.95. The average Bonchev–Trinajstić information content (AvgIpc) is 3.33. The number of fused-ring (bicyclic) bond motifs is 1. The number of furan rings is 1. The summed E-state index contributed by atoms with van der Waals surface area (Å²) < 4.78 is 16.0. The maximum Gasteiger partial charge on any atom is 0.289 e. The molecule has 0 unspecified atom stereocenters. The Morgan fingerprint density at radius 2 is 2.04 bits per heavy atom. The molecule has 0 saturated carbocycles. The Morgan fingerprint density at radius 1 is 1.25 bits per heavy atom. The molecule has 2 aromatic heterocycles. The van der Waals surface area contributed by atoms with Crippen LogP contribution < -0.4 is 10.1 Å². The predicted octanol–water partition coefficient (Wildman–Crippen LogP) is 3.23. The summed E-state index contributed by atoms with van der Waals surface area (Å²) in [6, 6.07) is 8.92. The number of nitrogens with one attached hydrogen (secondary N) is 1. The van der Waals surface area contributed by atoms with Crippen LogP contribution in [0.25, 0.3) is 11.0 Å². The summed E-state index contributed by atoms with van der Waals surface area (Å²) in [6.45, 7) is 2.74. The minimum Gasteiger partial charge on any atom is -0.493 e. The number of carbonyl (C=O) groups is 2. The van der Waals surface area contributed by atoms with Gasteiger partial charge in [-0.15, -0.1) is 0 Å². The summed E-state index contributed by atoms with van der Waals surface area (Å²) in [5, 5.41) is 7.35. The van der Waals surface area contributed by atoms with Crippen LogP contribution in [0.5, 0.6) is 5.75 Å². The Bertz CT molecular complexity index is 1010. The minimum atomic E-state index is -0.177. The van der Waals surface area contributed by atoms with Crippen molar-refractivity contribution in [2.75, 3.05) is 25.5 Å². The van der Waals surface area contributed by atoms with Gasteiger partial charge in [-0.2, -0.15) is 0 Å². The molecular formula is C20H21N3O5. The number of methoxy groups -OCH3 is 1. The van der Waals surface area contributed by atoms with Crippen LogP contribution in [-0.4, -0.2) is 42.1 Å². The molecule has 146 valence electrons. The topological polar surface area (TPSA) is 97.8 Å². The number of benzene rings is 1. The van der Waals surface area contributed by atoms with Crippen molar-refractivity contribution < 1.29 is 23.3 Å². The van der Waals surface area contributed by atoms with Crippen molar-refractivity contribution in [1.29, 1.82) is 0 Å². The van der Waals surface area contributed by atoms with Crippen LogP contribution in [0, 0.1) is 12.8 Å². The Labute approximate surface area is 161 Å². The third-order valence-corrected chi connectivity index (χ3v) is 4.97. The van der Waals surface area contributed by atoms with Gasteiger partial charge >= 0.3 is 0 Å². The van der Waals surface area contributed by atoms with Crippen LogP contribution in [0.1, 0.15) is 29.2 Å². The van der Waals surface area contributed by atoms with Gasteiger partial charge in [0.1, 0.15) is 5.76 Å². The molecule has 8 nitrogen and oxygen atoms in total. The number of carbonyl (C=O) groups excluding carboxylic acids is 2. The molecule has 1 fully saturated rings. The van der Waals surface area contributed by atoms with E-state index in [9.17, 15) is 9.59 Å². The fourth-order valence-electron chi connectivity index (χ4n) is 3.46. The van der Waals surface area contributed by atoms with Crippen LogP contribution >= 0.6 is 0 Å². The van der Waals surface area contributed by atoms with Crippen LogP contribution in [0.3, 0.4) is 0 Å². The van der Waals surface area contributed by atoms with Gasteiger partial charge in [0.05, 0.1) is 7.11 Å². The van der Waals surface area contributed by atoms with E-state index >= 15 is 0 Å². The zero-order valence-corrected chi connectivity index (χ0v) is 15.7. The third-order valence-electron chi connectivity index (χ3n) is 4.97. The third kappa shape index (κ3) is 3.45. The molecule has 1 aliphatic heterocycles. The fourth-order valence-corrected chi connectivity index (χ4v) is 3.46. The monoisotopic (exact) mass is 383 g/mol. The molecule has 1 aromatic carbocycles. The number of nitrogens with zero attached hydrogens (tertiary/aromatic N) is 2. The molecule has 2 amide bonds. The van der Waals surface area contributed by atoms with Gasteiger partial charge in [0.25, 0.3) is 5.91 Å². The van der Waals surface area contributed by atoms with Crippen molar-refractivity contribution in [2.24, 2.45) is 5.92 Å². The molecule has 4 rings (SSSR count). The van der Waals surface area contributed by atoms with Crippen molar-refractivity contribution in [3.63, 3.8) is 0 Å². The maximum atomic E-state index is 12.8. The summed E-state index contributed by atoms with van der Waals surface area (Å²) in [5.41, 5.74) is 0.561. The lowest BCUT2D eigenvalue weighted by Gasteiger charge is -2.30. The van der Waals surface area contributed by atoms with Crippen molar-refractivity contribution in [2.45, 2.75) is 19.8 Å². The van der Waals surface area contributed by atoms with E-state index in [1.165, 1.54) is 0 Å². The highest BCUT2D eigenvalue weighted by atomic mass is 16.5. The first-order chi connectivity index (χ1) is 13.5. The Hall–Kier alpha value is -3.29. The Morgan fingerprint density at radius 3 is 2.71 bits per heavy atom. The number of aryl methyl sites for hydroxylation is 1. The van der Waals surface area contributed by atoms with E-state index in [1.807, 2.05) is 12.1 Å². The summed E-state index contributed by atoms with van der Waals surface area (Å²) in [6.07, 6.45) is 1.16. The van der Waals surface area contributed by atoms with Crippen molar-refractivity contribution in [1.82, 2.24) is 10.1 Å². The summed E-state index contributed by atoms with van der Waals surface area (Å²) in [7, 11) is 1.56. The van der Waals surface area contributed by atoms with E-state index in [2.05, 4.69) is 10.5 Å². The van der Waals surface area contributed by atoms with Crippen molar-refractivity contribution >= 4 is 28.6 Å². The zero-order valence-electron chi connectivity index (χ0n) is 15.7. The Balaban J connectivity index is 1.39. The fraction of sp³-hybridized carbons (Fsp3) is 0.350. The highest BCUT2D eigenvalue weighted by Crippen LogP contribution is 2.30. The molecular weight excluding hydrogens is 362 g/mol. The second kappa shape index (κ2) is 7.38. The number of hydrogen-bond acceptors (Lipinski definition) is 6. The smallest absolute Gasteiger partial charge is 0.289 e. The normalized spacial score (nSPS) is 15.0. The number of ether oxygens (including phenoxy) is 1. The number of anilines is 1. The molecule has 1 aliphatic rings. The van der Waals surface area contributed by atoms with Gasteiger partial charge in [-0.1, -0.05) is 17.3 Å². The van der Waals surface area contributed by atoms with Gasteiger partial charge in [-0.25, -0.2) is 0 Å². The minimum absolute atomic E-state index is 0.103. The molecule has 0 aliphatic carbocycles. The first-order valence-electron chi connectivity index (χ1n) is 9.15. The van der Waals surface area contributed by atoms with Crippen LogP contribution in [0.4, 0.5) is 5.82 Å². The molecule has 0 spiro atoms. The standard InChI is InChI=1S/C20H21N3O5/c1-12-10-17(22-28-12)21-19(24)13-6-8-23(9-7-13)20(25)16-11-14-4-3-5-15(26-2)18(14)27-16/h3-5,10-11,13H,6-9H2,1-2H3,(H,21,22,24). The van der Waals surface area contributed by atoms with E-state index < -0.39 is 0 Å². The molecule has 28 heavy (non-hydrogen) atoms. The largest absolute Gasteiger partial charge is 0.493 e. The molecule has 3 aromatic rings. The summed E-state index contributed by atoms with van der Waals surface area (Å²) in [4.78, 5) is 26.9. The second-order valence-corrected chi connectivity index (χ2v) is 6.87. The van der Waals surface area contributed by atoms with E-state index in [-0.39, 0.29) is 23.5 Å². The number of para-hydroxylation sites is 1. The van der Waals surface area contributed by atoms with Gasteiger partial charge in [0.2, 0.25) is 5.91 Å². The molecule has 0 radical (unpaired) electrons. The zero-order chi connectivity index (χ0) is 19.7. The molecule has 0 atom stereocenters. The Kier molecular flexibility index (Phi) is 4.77. The SMILES string of the molecule is COc1cccc2cc(C(=O)N3CCC(C(=O)Nc4cc(C)on4)CC3)oc12. The highest BCUT2D eigenvalue weighted by molar-refractivity contribution is 5.97. The summed E-state index contributed by atoms with van der Waals surface area (Å²) in [5.74, 6) is 1.47. The van der Waals surface area contributed by atoms with Crippen molar-refractivity contribution in [3.8, 4) is 5.75 Å². The molecule has 3 heterocycles. The average molecular weight is 383 g/mol. The van der Waals surface area contributed by atoms with Crippen molar-refractivity contribution in [3.05, 3.63) is 41.9 Å². The molecule has 1 N–H and O–H groups in total. The van der Waals surface area contributed by atoms with Gasteiger partial charge < -0.3 is 23.9 Å². The maximum absolute atomic E-state index is 12.8. The first-order valence-corrected chi connectivity index (χ1v) is 9.15. The number of hydrogen-bond donors (Lipinski definition) is 1. The predicted molar refractivity (Wildman–Crippen MR) is 101 cm³/mol.